The second kappa shape index (κ2) is 7.52. The van der Waals surface area contributed by atoms with Crippen LogP contribution in [0, 0.1) is 15.4 Å². The zero-order chi connectivity index (χ0) is 24.7. The number of nitrogens with zero attached hydrogens (tertiary/aromatic N) is 1. The third-order valence-electron chi connectivity index (χ3n) is 7.08. The molecule has 176 valence electrons. The minimum Gasteiger partial charge on any atom is -0.510 e. The number of aliphatic hydroxyl groups is 4. The van der Waals surface area contributed by atoms with Crippen LogP contribution in [-0.4, -0.2) is 79.7 Å². The number of ketones is 2. The van der Waals surface area contributed by atoms with E-state index in [4.69, 9.17) is 5.73 Å². The Morgan fingerprint density at radius 1 is 1.18 bits per heavy atom. The van der Waals surface area contributed by atoms with E-state index in [0.717, 1.165) is 0 Å². The first kappa shape index (κ1) is 23.7. The van der Waals surface area contributed by atoms with Crippen LogP contribution in [0.1, 0.15) is 28.8 Å². The monoisotopic (exact) mass is 570 g/mol. The van der Waals surface area contributed by atoms with Gasteiger partial charge in [0.05, 0.1) is 27.2 Å². The summed E-state index contributed by atoms with van der Waals surface area (Å²) in [4.78, 5) is 40.1. The molecule has 7 N–H and O–H groups in total. The fourth-order valence-corrected chi connectivity index (χ4v) is 6.05. The molecule has 0 fully saturated rings. The number of amides is 1. The van der Waals surface area contributed by atoms with Crippen LogP contribution >= 0.6 is 22.6 Å². The third kappa shape index (κ3) is 2.85. The Kier molecular flexibility index (Phi) is 5.39. The van der Waals surface area contributed by atoms with Crippen LogP contribution in [0.15, 0.2) is 34.8 Å². The summed E-state index contributed by atoms with van der Waals surface area (Å²) >= 11 is 1.84. The molecule has 3 aliphatic rings. The quantitative estimate of drug-likeness (QED) is 0.215. The Hall–Kier alpha value is -2.48. The number of halogens is 1. The highest BCUT2D eigenvalue weighted by molar-refractivity contribution is 14.1. The van der Waals surface area contributed by atoms with E-state index in [9.17, 15) is 39.9 Å². The maximum atomic E-state index is 13.5. The predicted octanol–water partition coefficient (Wildman–Crippen LogP) is 0.257. The molecule has 0 spiro atoms. The SMILES string of the molecule is C[C@H]1c2ccc(I)c(O)c2C(=O)C2=C(O)[C@]3(O)C(=O)C(C(N)=O)=C(O)[C@@H](N(C)C)C3[C@@H](O)C21. The van der Waals surface area contributed by atoms with E-state index in [1.165, 1.54) is 19.0 Å². The number of carbonyl (C=O) groups is 3. The fourth-order valence-electron chi connectivity index (χ4n) is 5.60. The molecule has 1 aromatic carbocycles. The van der Waals surface area contributed by atoms with Crippen molar-refractivity contribution in [3.05, 3.63) is 49.5 Å². The van der Waals surface area contributed by atoms with Gasteiger partial charge < -0.3 is 31.3 Å². The fraction of sp³-hybridized carbons (Fsp3) is 0.409. The molecule has 0 aromatic heterocycles. The smallest absolute Gasteiger partial charge is 0.255 e. The van der Waals surface area contributed by atoms with Crippen molar-refractivity contribution in [2.24, 2.45) is 17.6 Å². The van der Waals surface area contributed by atoms with Gasteiger partial charge in [-0.3, -0.25) is 19.3 Å². The van der Waals surface area contributed by atoms with Crippen LogP contribution in [0.4, 0.5) is 0 Å². The van der Waals surface area contributed by atoms with E-state index >= 15 is 0 Å². The van der Waals surface area contributed by atoms with Crippen molar-refractivity contribution >= 4 is 40.1 Å². The summed E-state index contributed by atoms with van der Waals surface area (Å²) in [6.07, 6.45) is -1.60. The topological polar surface area (TPSA) is 182 Å². The average molecular weight is 570 g/mol. The molecule has 11 heteroatoms. The van der Waals surface area contributed by atoms with Gasteiger partial charge in [-0.1, -0.05) is 13.0 Å². The van der Waals surface area contributed by atoms with Crippen molar-refractivity contribution in [3.63, 3.8) is 0 Å². The molecule has 0 radical (unpaired) electrons. The van der Waals surface area contributed by atoms with E-state index < -0.39 is 75.6 Å². The van der Waals surface area contributed by atoms with Crippen molar-refractivity contribution in [2.45, 2.75) is 30.6 Å². The Bertz CT molecular complexity index is 1190. The van der Waals surface area contributed by atoms with Crippen LogP contribution in [0.25, 0.3) is 0 Å². The highest BCUT2D eigenvalue weighted by Gasteiger charge is 2.67. The van der Waals surface area contributed by atoms with Crippen LogP contribution in [0.5, 0.6) is 5.75 Å². The van der Waals surface area contributed by atoms with Gasteiger partial charge in [-0.25, -0.2) is 0 Å². The van der Waals surface area contributed by atoms with Gasteiger partial charge in [-0.2, -0.15) is 0 Å². The molecule has 10 nitrogen and oxygen atoms in total. The standard InChI is InChI=1S/C22H23IN2O8/c1-6-7-4-5-8(23)15(26)10(7)16(27)11-9(6)17(28)13-14(25(2)3)18(29)12(21(24)32)20(31)22(13,33)19(11)30/h4-6,9,13-14,17,26,28-30,33H,1-3H3,(H2,24,32)/t6-,9?,13?,14-,17-,22-/m0/s1. The van der Waals surface area contributed by atoms with E-state index in [0.29, 0.717) is 9.13 Å². The number of aromatic hydroxyl groups is 1. The number of phenolic OH excluding ortho intramolecular Hbond substituents is 1. The first-order chi connectivity index (χ1) is 15.3. The van der Waals surface area contributed by atoms with Crippen molar-refractivity contribution in [3.8, 4) is 5.75 Å². The molecule has 6 atom stereocenters. The van der Waals surface area contributed by atoms with Crippen molar-refractivity contribution < 1.29 is 39.9 Å². The molecule has 1 amide bonds. The lowest BCUT2D eigenvalue weighted by Crippen LogP contribution is -2.68. The number of hydrogen-bond acceptors (Lipinski definition) is 9. The van der Waals surface area contributed by atoms with Crippen LogP contribution in [-0.2, 0) is 9.59 Å². The molecule has 3 aliphatic carbocycles. The summed E-state index contributed by atoms with van der Waals surface area (Å²) in [7, 11) is 2.98. The summed E-state index contributed by atoms with van der Waals surface area (Å²) in [6, 6.07) is 1.97. The second-order valence-corrected chi connectivity index (χ2v) is 10.1. The van der Waals surface area contributed by atoms with E-state index in [2.05, 4.69) is 0 Å². The zero-order valence-corrected chi connectivity index (χ0v) is 20.1. The van der Waals surface area contributed by atoms with Crippen molar-refractivity contribution in [1.82, 2.24) is 4.90 Å². The molecule has 0 heterocycles. The molecular weight excluding hydrogens is 547 g/mol. The molecule has 33 heavy (non-hydrogen) atoms. The number of phenols is 1. The van der Waals surface area contributed by atoms with Gasteiger partial charge in [0.25, 0.3) is 5.91 Å². The van der Waals surface area contributed by atoms with Gasteiger partial charge in [-0.15, -0.1) is 0 Å². The zero-order valence-electron chi connectivity index (χ0n) is 17.9. The number of carbonyl (C=O) groups excluding carboxylic acids is 3. The first-order valence-corrected chi connectivity index (χ1v) is 11.2. The molecule has 4 rings (SSSR count). The Labute approximate surface area is 202 Å². The maximum Gasteiger partial charge on any atom is 0.255 e. The van der Waals surface area contributed by atoms with Gasteiger partial charge >= 0.3 is 0 Å². The molecule has 0 saturated heterocycles. The molecule has 2 unspecified atom stereocenters. The summed E-state index contributed by atoms with van der Waals surface area (Å²) in [5, 5.41) is 55.5. The summed E-state index contributed by atoms with van der Waals surface area (Å²) in [5.41, 5.74) is 1.38. The van der Waals surface area contributed by atoms with Crippen LogP contribution in [0.3, 0.4) is 0 Å². The lowest BCUT2D eigenvalue weighted by atomic mass is 9.55. The minimum atomic E-state index is -2.90. The number of primary amides is 1. The third-order valence-corrected chi connectivity index (χ3v) is 7.95. The highest BCUT2D eigenvalue weighted by Crippen LogP contribution is 2.55. The number of Topliss-reactive ketones (excluding diaryl/α,β-unsaturated/α-hetero) is 2. The maximum absolute atomic E-state index is 13.5. The number of rotatable bonds is 2. The number of benzene rings is 1. The van der Waals surface area contributed by atoms with Crippen molar-refractivity contribution in [2.75, 3.05) is 14.1 Å². The van der Waals surface area contributed by atoms with E-state index in [1.807, 2.05) is 22.6 Å². The van der Waals surface area contributed by atoms with Gasteiger partial charge in [-0.05, 0) is 54.2 Å². The summed E-state index contributed by atoms with van der Waals surface area (Å²) < 4.78 is 0.378. The lowest BCUT2D eigenvalue weighted by Gasteiger charge is -2.53. The predicted molar refractivity (Wildman–Crippen MR) is 122 cm³/mol. The molecular formula is C22H23IN2O8. The summed E-state index contributed by atoms with van der Waals surface area (Å²) in [6.45, 7) is 1.68. The average Bonchev–Trinajstić information content (AvgIpc) is 2.72. The number of fused-ring (bicyclic) bond motifs is 3. The van der Waals surface area contributed by atoms with Crippen LogP contribution < -0.4 is 5.73 Å². The second-order valence-electron chi connectivity index (χ2n) is 8.91. The Morgan fingerprint density at radius 3 is 2.33 bits per heavy atom. The van der Waals surface area contributed by atoms with Crippen molar-refractivity contribution in [1.29, 1.82) is 0 Å². The Morgan fingerprint density at radius 2 is 1.79 bits per heavy atom. The largest absolute Gasteiger partial charge is 0.510 e. The molecule has 0 aliphatic heterocycles. The number of hydrogen-bond donors (Lipinski definition) is 6. The van der Waals surface area contributed by atoms with Gasteiger partial charge in [0, 0.05) is 11.5 Å². The normalized spacial score (nSPS) is 33.7. The number of aliphatic hydroxyl groups excluding tert-OH is 3. The number of nitrogens with two attached hydrogens (primary N) is 1. The molecule has 1 aromatic rings. The van der Waals surface area contributed by atoms with Gasteiger partial charge in [0.2, 0.25) is 5.78 Å². The highest BCUT2D eigenvalue weighted by atomic mass is 127. The lowest BCUT2D eigenvalue weighted by molar-refractivity contribution is -0.162. The Balaban J connectivity index is 2.07. The van der Waals surface area contributed by atoms with E-state index in [-0.39, 0.29) is 11.3 Å². The van der Waals surface area contributed by atoms with Crippen LogP contribution in [0.2, 0.25) is 0 Å². The minimum absolute atomic E-state index is 0.0950. The van der Waals surface area contributed by atoms with Gasteiger partial charge in [0.1, 0.15) is 22.8 Å². The molecule has 0 bridgehead atoms. The van der Waals surface area contributed by atoms with Gasteiger partial charge in [0.15, 0.2) is 11.4 Å². The number of likely N-dealkylation sites (N-methyl/N-ethyl adjacent to an activating group) is 1. The van der Waals surface area contributed by atoms with E-state index in [1.54, 1.807) is 19.1 Å². The summed E-state index contributed by atoms with van der Waals surface area (Å²) in [5.74, 6) is -8.85. The molecule has 0 saturated carbocycles. The first-order valence-electron chi connectivity index (χ1n) is 10.1.